The molecule has 3 heteroatoms. The van der Waals surface area contributed by atoms with E-state index in [1.54, 1.807) is 0 Å². The molecule has 0 saturated carbocycles. The summed E-state index contributed by atoms with van der Waals surface area (Å²) in [6.45, 7) is 10.1. The second-order valence-electron chi connectivity index (χ2n) is 8.96. The smallest absolute Gasteiger partial charge is 0.221 e. The van der Waals surface area contributed by atoms with Crippen LogP contribution in [-0.2, 0) is 4.57 Å². The monoisotopic (exact) mass is 432 g/mol. The zero-order chi connectivity index (χ0) is 22.6. The highest BCUT2D eigenvalue weighted by molar-refractivity contribution is 7.81. The molecule has 2 nitrogen and oxygen atoms in total. The molecular weight excluding hydrogens is 399 g/mol. The van der Waals surface area contributed by atoms with E-state index in [9.17, 15) is 9.36 Å². The van der Waals surface area contributed by atoms with Crippen LogP contribution in [0.3, 0.4) is 0 Å². The van der Waals surface area contributed by atoms with Crippen molar-refractivity contribution in [3.8, 4) is 0 Å². The maximum atomic E-state index is 14.5. The van der Waals surface area contributed by atoms with E-state index in [4.69, 9.17) is 0 Å². The number of carbonyl (C=O) groups is 1. The maximum absolute atomic E-state index is 14.5. The van der Waals surface area contributed by atoms with Gasteiger partial charge in [-0.15, -0.1) is 0 Å². The third kappa shape index (κ3) is 5.43. The molecule has 0 aliphatic heterocycles. The summed E-state index contributed by atoms with van der Waals surface area (Å²) in [4.78, 5) is 13.9. The van der Waals surface area contributed by atoms with Crippen LogP contribution < -0.4 is 0 Å². The summed E-state index contributed by atoms with van der Waals surface area (Å²) in [5.74, 6) is 0.0926. The molecule has 3 rings (SSSR count). The lowest BCUT2D eigenvalue weighted by atomic mass is 10.0. The molecule has 0 bridgehead atoms. The molecule has 0 aliphatic rings. The first-order valence-corrected chi connectivity index (χ1v) is 13.1. The predicted octanol–water partition coefficient (Wildman–Crippen LogP) is 7.72. The molecule has 0 radical (unpaired) electrons. The van der Waals surface area contributed by atoms with Gasteiger partial charge in [0.2, 0.25) is 5.52 Å². The van der Waals surface area contributed by atoms with Crippen molar-refractivity contribution in [2.75, 3.05) is 12.3 Å². The average molecular weight is 433 g/mol. The van der Waals surface area contributed by atoms with Crippen molar-refractivity contribution in [2.24, 2.45) is 0 Å². The van der Waals surface area contributed by atoms with Crippen LogP contribution in [0.5, 0.6) is 0 Å². The molecule has 162 valence electrons. The summed E-state index contributed by atoms with van der Waals surface area (Å²) in [6, 6.07) is 24.2. The molecule has 31 heavy (non-hydrogen) atoms. The fourth-order valence-corrected chi connectivity index (χ4v) is 8.05. The van der Waals surface area contributed by atoms with E-state index in [1.165, 1.54) is 0 Å². The van der Waals surface area contributed by atoms with Crippen molar-refractivity contribution in [3.05, 3.63) is 106 Å². The molecule has 0 saturated heterocycles. The summed E-state index contributed by atoms with van der Waals surface area (Å²) in [5, 5.41) is 0. The highest BCUT2D eigenvalue weighted by atomic mass is 31.2. The fraction of sp³-hybridized carbons (Fsp3) is 0.321. The fourth-order valence-electron chi connectivity index (χ4n) is 4.62. The van der Waals surface area contributed by atoms with E-state index in [0.717, 1.165) is 27.8 Å². The van der Waals surface area contributed by atoms with Crippen LogP contribution in [0.1, 0.15) is 63.9 Å². The van der Waals surface area contributed by atoms with Gasteiger partial charge in [-0.05, 0) is 54.9 Å². The molecule has 0 spiro atoms. The number of rotatable bonds is 8. The van der Waals surface area contributed by atoms with Crippen molar-refractivity contribution >= 4 is 12.7 Å². The Morgan fingerprint density at radius 1 is 0.742 bits per heavy atom. The van der Waals surface area contributed by atoms with Gasteiger partial charge in [-0.25, -0.2) is 0 Å². The molecular formula is C28H33O2P. The number of hydrogen-bond acceptors (Lipinski definition) is 2. The molecule has 3 aromatic rings. The summed E-state index contributed by atoms with van der Waals surface area (Å²) >= 11 is 0. The van der Waals surface area contributed by atoms with Gasteiger partial charge in [0.1, 0.15) is 0 Å². The van der Waals surface area contributed by atoms with Crippen LogP contribution in [0, 0.1) is 20.8 Å². The lowest BCUT2D eigenvalue weighted by Gasteiger charge is -2.26. The van der Waals surface area contributed by atoms with E-state index in [1.807, 2.05) is 69.3 Å². The highest BCUT2D eigenvalue weighted by Crippen LogP contribution is 2.55. The number of carbonyl (C=O) groups excluding carboxylic acids is 1. The SMILES string of the molecule is Cc1cc(C)c(C(=O)P(=O)(CC(C)c2ccccc2)CC(C)c2ccccc2)c(C)c1. The first-order valence-electron chi connectivity index (χ1n) is 11.0. The molecule has 0 N–H and O–H groups in total. The molecule has 0 aromatic heterocycles. The molecule has 3 aromatic carbocycles. The van der Waals surface area contributed by atoms with Gasteiger partial charge in [0.15, 0.2) is 7.14 Å². The van der Waals surface area contributed by atoms with Gasteiger partial charge in [-0.1, -0.05) is 92.2 Å². The Balaban J connectivity index is 2.01. The minimum absolute atomic E-state index is 0.0463. The molecule has 2 atom stereocenters. The summed E-state index contributed by atoms with van der Waals surface area (Å²) in [5.41, 5.74) is 5.70. The largest absolute Gasteiger partial charge is 0.315 e. The zero-order valence-corrected chi connectivity index (χ0v) is 20.2. The van der Waals surface area contributed by atoms with E-state index >= 15 is 0 Å². The first-order chi connectivity index (χ1) is 14.7. The lowest BCUT2D eigenvalue weighted by Crippen LogP contribution is -2.17. The highest BCUT2D eigenvalue weighted by Gasteiger charge is 2.37. The number of aryl methyl sites for hydroxylation is 3. The minimum atomic E-state index is -3.18. The Morgan fingerprint density at radius 2 is 1.13 bits per heavy atom. The van der Waals surface area contributed by atoms with Gasteiger partial charge < -0.3 is 4.57 Å². The Kier molecular flexibility index (Phi) is 7.34. The van der Waals surface area contributed by atoms with Crippen LogP contribution in [0.15, 0.2) is 72.8 Å². The summed E-state index contributed by atoms with van der Waals surface area (Å²) < 4.78 is 14.5. The van der Waals surface area contributed by atoms with Gasteiger partial charge in [0.25, 0.3) is 0 Å². The Morgan fingerprint density at radius 3 is 1.52 bits per heavy atom. The quantitative estimate of drug-likeness (QED) is 0.341. The van der Waals surface area contributed by atoms with Crippen molar-refractivity contribution < 1.29 is 9.36 Å². The maximum Gasteiger partial charge on any atom is 0.221 e. The Labute approximate surface area is 187 Å². The van der Waals surface area contributed by atoms with Gasteiger partial charge >= 0.3 is 0 Å². The summed E-state index contributed by atoms with van der Waals surface area (Å²) in [6.07, 6.45) is 0.777. The third-order valence-electron chi connectivity index (χ3n) is 6.14. The van der Waals surface area contributed by atoms with Crippen LogP contribution in [-0.4, -0.2) is 17.8 Å². The topological polar surface area (TPSA) is 34.1 Å². The second kappa shape index (κ2) is 9.79. The predicted molar refractivity (Wildman–Crippen MR) is 132 cm³/mol. The van der Waals surface area contributed by atoms with E-state index < -0.39 is 7.14 Å². The number of hydrogen-bond donors (Lipinski definition) is 0. The zero-order valence-electron chi connectivity index (χ0n) is 19.3. The normalized spacial score (nSPS) is 15.1. The molecule has 0 aliphatic carbocycles. The van der Waals surface area contributed by atoms with E-state index in [0.29, 0.717) is 17.9 Å². The van der Waals surface area contributed by atoms with Gasteiger partial charge in [0.05, 0.1) is 0 Å². The van der Waals surface area contributed by atoms with Crippen molar-refractivity contribution in [3.63, 3.8) is 0 Å². The molecule has 0 amide bonds. The van der Waals surface area contributed by atoms with Gasteiger partial charge in [-0.2, -0.15) is 0 Å². The second-order valence-corrected chi connectivity index (χ2v) is 11.9. The van der Waals surface area contributed by atoms with Crippen LogP contribution in [0.2, 0.25) is 0 Å². The van der Waals surface area contributed by atoms with Gasteiger partial charge in [-0.3, -0.25) is 4.79 Å². The number of benzene rings is 3. The molecule has 2 unspecified atom stereocenters. The molecule has 0 heterocycles. The minimum Gasteiger partial charge on any atom is -0.315 e. The van der Waals surface area contributed by atoms with Crippen molar-refractivity contribution in [1.82, 2.24) is 0 Å². The Hall–Kier alpha value is -2.44. The van der Waals surface area contributed by atoms with E-state index in [2.05, 4.69) is 38.1 Å². The van der Waals surface area contributed by atoms with Crippen LogP contribution in [0.25, 0.3) is 0 Å². The average Bonchev–Trinajstić information content (AvgIpc) is 2.74. The van der Waals surface area contributed by atoms with Crippen molar-refractivity contribution in [1.29, 1.82) is 0 Å². The van der Waals surface area contributed by atoms with Crippen LogP contribution in [0.4, 0.5) is 0 Å². The summed E-state index contributed by atoms with van der Waals surface area (Å²) in [7, 11) is -3.18. The Bertz CT molecular complexity index is 1010. The first kappa shape index (κ1) is 23.2. The molecule has 0 fully saturated rings. The van der Waals surface area contributed by atoms with E-state index in [-0.39, 0.29) is 17.4 Å². The van der Waals surface area contributed by atoms with Crippen molar-refractivity contribution in [2.45, 2.75) is 46.5 Å². The van der Waals surface area contributed by atoms with Gasteiger partial charge in [0, 0.05) is 17.9 Å². The standard InChI is InChI=1S/C28H33O2P/c1-20-16-21(2)27(22(3)17-20)28(29)31(30,18-23(4)25-12-8-6-9-13-25)19-24(5)26-14-10-7-11-15-26/h6-17,23-24H,18-19H2,1-5H3. The van der Waals surface area contributed by atoms with Crippen LogP contribution >= 0.6 is 7.14 Å². The lowest BCUT2D eigenvalue weighted by molar-refractivity contribution is 0.107. The third-order valence-corrected chi connectivity index (χ3v) is 9.37.